The Morgan fingerprint density at radius 2 is 1.04 bits per heavy atom. The molecule has 0 bridgehead atoms. The third kappa shape index (κ3) is 3.95. The lowest BCUT2D eigenvalue weighted by Crippen LogP contribution is -1.99. The van der Waals surface area contributed by atoms with Gasteiger partial charge in [-0.05, 0) is 65.7 Å². The molecule has 0 fully saturated rings. The number of hydrogen-bond acceptors (Lipinski definition) is 2. The van der Waals surface area contributed by atoms with Crippen LogP contribution in [-0.2, 0) is 0 Å². The van der Waals surface area contributed by atoms with Crippen LogP contribution in [0, 0.1) is 0 Å². The first kappa shape index (κ1) is 26.3. The molecule has 0 unspecified atom stereocenters. The highest BCUT2D eigenvalue weighted by molar-refractivity contribution is 7.26. The molecule has 0 aliphatic rings. The molecule has 0 saturated carbocycles. The maximum Gasteiger partial charge on any atom is 0.147 e. The number of aromatic nitrogens is 3. The minimum Gasteiger partial charge on any atom is -0.309 e. The van der Waals surface area contributed by atoms with Crippen LogP contribution >= 0.6 is 11.3 Å². The number of hydrogen-bond donors (Lipinski definition) is 0. The molecule has 4 heteroatoms. The molecule has 0 radical (unpaired) electrons. The Morgan fingerprint density at radius 3 is 1.79 bits per heavy atom. The van der Waals surface area contributed by atoms with E-state index in [4.69, 9.17) is 4.98 Å². The third-order valence-electron chi connectivity index (χ3n) is 9.36. The first-order valence-corrected chi connectivity index (χ1v) is 16.7. The Labute approximate surface area is 275 Å². The van der Waals surface area contributed by atoms with E-state index in [1.807, 2.05) is 11.3 Å². The van der Waals surface area contributed by atoms with Gasteiger partial charge in [-0.15, -0.1) is 11.3 Å². The molecular formula is C43H27N3S. The van der Waals surface area contributed by atoms with Crippen molar-refractivity contribution in [1.82, 2.24) is 14.1 Å². The van der Waals surface area contributed by atoms with E-state index < -0.39 is 0 Å². The molecule has 0 spiro atoms. The number of para-hydroxylation sites is 4. The van der Waals surface area contributed by atoms with Crippen LogP contribution in [0.2, 0.25) is 0 Å². The molecular weight excluding hydrogens is 591 g/mol. The van der Waals surface area contributed by atoms with Crippen LogP contribution in [0.25, 0.3) is 86.9 Å². The fourth-order valence-electron chi connectivity index (χ4n) is 7.26. The van der Waals surface area contributed by atoms with E-state index in [0.717, 1.165) is 28.1 Å². The fraction of sp³-hybridized carbons (Fsp3) is 0. The van der Waals surface area contributed by atoms with Crippen molar-refractivity contribution in [2.45, 2.75) is 0 Å². The van der Waals surface area contributed by atoms with Crippen LogP contribution < -0.4 is 0 Å². The van der Waals surface area contributed by atoms with Gasteiger partial charge in [0.2, 0.25) is 0 Å². The summed E-state index contributed by atoms with van der Waals surface area (Å²) in [5, 5.41) is 5.05. The Morgan fingerprint density at radius 1 is 0.447 bits per heavy atom. The summed E-state index contributed by atoms with van der Waals surface area (Å²) in [5.74, 6) is 0.948. The lowest BCUT2D eigenvalue weighted by Gasteiger charge is -2.14. The average molecular weight is 618 g/mol. The van der Waals surface area contributed by atoms with E-state index in [1.54, 1.807) is 0 Å². The van der Waals surface area contributed by atoms with Gasteiger partial charge >= 0.3 is 0 Å². The molecule has 7 aromatic carbocycles. The summed E-state index contributed by atoms with van der Waals surface area (Å²) in [6, 6.07) is 58.7. The van der Waals surface area contributed by atoms with Crippen LogP contribution in [0.15, 0.2) is 164 Å². The van der Waals surface area contributed by atoms with Crippen LogP contribution in [0.1, 0.15) is 0 Å². The van der Waals surface area contributed by atoms with Crippen molar-refractivity contribution in [2.75, 3.05) is 0 Å². The average Bonchev–Trinajstić information content (AvgIpc) is 3.82. The summed E-state index contributed by atoms with van der Waals surface area (Å²) < 4.78 is 7.28. The van der Waals surface area contributed by atoms with Crippen LogP contribution in [0.5, 0.6) is 0 Å². The maximum atomic E-state index is 5.32. The lowest BCUT2D eigenvalue weighted by atomic mass is 10.0. The van der Waals surface area contributed by atoms with Gasteiger partial charge in [-0.25, -0.2) is 4.98 Å². The number of thiophene rings is 1. The molecule has 10 aromatic rings. The van der Waals surface area contributed by atoms with Gasteiger partial charge in [0.1, 0.15) is 5.82 Å². The molecule has 47 heavy (non-hydrogen) atoms. The highest BCUT2D eigenvalue weighted by Crippen LogP contribution is 2.45. The monoisotopic (exact) mass is 617 g/mol. The van der Waals surface area contributed by atoms with Crippen LogP contribution in [-0.4, -0.2) is 14.1 Å². The number of benzene rings is 7. The van der Waals surface area contributed by atoms with Gasteiger partial charge in [-0.1, -0.05) is 109 Å². The second kappa shape index (κ2) is 10.3. The lowest BCUT2D eigenvalue weighted by molar-refractivity contribution is 1.11. The Kier molecular flexibility index (Phi) is 5.74. The summed E-state index contributed by atoms with van der Waals surface area (Å²) in [4.78, 5) is 5.32. The maximum absolute atomic E-state index is 5.32. The second-order valence-electron chi connectivity index (χ2n) is 12.0. The van der Waals surface area contributed by atoms with Crippen LogP contribution in [0.4, 0.5) is 0 Å². The number of rotatable bonds is 4. The number of fused-ring (bicyclic) bond motifs is 7. The van der Waals surface area contributed by atoms with Crippen molar-refractivity contribution in [1.29, 1.82) is 0 Å². The van der Waals surface area contributed by atoms with Crippen molar-refractivity contribution in [2.24, 2.45) is 0 Å². The second-order valence-corrected chi connectivity index (χ2v) is 13.0. The molecule has 0 N–H and O–H groups in total. The largest absolute Gasteiger partial charge is 0.309 e. The van der Waals surface area contributed by atoms with E-state index in [2.05, 4.69) is 173 Å². The molecule has 0 aliphatic carbocycles. The van der Waals surface area contributed by atoms with Gasteiger partial charge in [-0.3, -0.25) is 4.57 Å². The third-order valence-corrected chi connectivity index (χ3v) is 10.6. The van der Waals surface area contributed by atoms with Crippen molar-refractivity contribution >= 4 is 64.3 Å². The molecule has 0 aliphatic heterocycles. The molecule has 0 atom stereocenters. The molecule has 0 saturated heterocycles. The van der Waals surface area contributed by atoms with E-state index in [9.17, 15) is 0 Å². The summed E-state index contributed by atoms with van der Waals surface area (Å²) in [6.07, 6.45) is 0. The Balaban J connectivity index is 1.26. The normalized spacial score (nSPS) is 11.8. The predicted octanol–water partition coefficient (Wildman–Crippen LogP) is 11.8. The highest BCUT2D eigenvalue weighted by atomic mass is 32.1. The minimum absolute atomic E-state index is 0.948. The Bertz CT molecular complexity index is 2730. The van der Waals surface area contributed by atoms with Gasteiger partial charge in [-0.2, -0.15) is 0 Å². The number of nitrogens with zero attached hydrogens (tertiary/aromatic N) is 3. The molecule has 3 nitrogen and oxygen atoms in total. The van der Waals surface area contributed by atoms with Gasteiger partial charge < -0.3 is 4.57 Å². The molecule has 3 aromatic heterocycles. The van der Waals surface area contributed by atoms with Crippen LogP contribution in [0.3, 0.4) is 0 Å². The van der Waals surface area contributed by atoms with Crippen molar-refractivity contribution in [3.8, 4) is 33.9 Å². The summed E-state index contributed by atoms with van der Waals surface area (Å²) in [7, 11) is 0. The smallest absolute Gasteiger partial charge is 0.147 e. The SMILES string of the molecule is c1ccc(-c2ccc(-n3c(-c4ccc(-n5c6ccccc6c6ccccc65)c5c4sc4ccccc45)nc4ccccc43)cc2)cc1. The summed E-state index contributed by atoms with van der Waals surface area (Å²) in [6.45, 7) is 0. The standard InChI is InChI=1S/C43H27N3S/c1-2-12-28(13-3-1)29-22-24-30(25-23-29)45-38-20-10-7-17-35(38)44-43(45)34-26-27-39(41-33-16-6-11-21-40(33)47-42(34)41)46-36-18-8-4-14-31(36)32-15-5-9-19-37(32)46/h1-27H. The van der Waals surface area contributed by atoms with Gasteiger partial charge in [0.25, 0.3) is 0 Å². The first-order chi connectivity index (χ1) is 23.3. The molecule has 220 valence electrons. The van der Waals surface area contributed by atoms with Crippen molar-refractivity contribution in [3.05, 3.63) is 164 Å². The molecule has 0 amide bonds. The highest BCUT2D eigenvalue weighted by Gasteiger charge is 2.22. The topological polar surface area (TPSA) is 22.8 Å². The van der Waals surface area contributed by atoms with E-state index in [1.165, 1.54) is 58.8 Å². The minimum atomic E-state index is 0.948. The van der Waals surface area contributed by atoms with Gasteiger partial charge in [0.15, 0.2) is 0 Å². The number of imidazole rings is 1. The molecule has 3 heterocycles. The Hall–Kier alpha value is -5.97. The molecule has 10 rings (SSSR count). The van der Waals surface area contributed by atoms with E-state index >= 15 is 0 Å². The van der Waals surface area contributed by atoms with E-state index in [0.29, 0.717) is 0 Å². The fourth-order valence-corrected chi connectivity index (χ4v) is 8.49. The first-order valence-electron chi connectivity index (χ1n) is 15.9. The van der Waals surface area contributed by atoms with Gasteiger partial charge in [0.05, 0.1) is 27.8 Å². The zero-order valence-electron chi connectivity index (χ0n) is 25.3. The van der Waals surface area contributed by atoms with Crippen molar-refractivity contribution in [3.63, 3.8) is 0 Å². The zero-order valence-corrected chi connectivity index (χ0v) is 26.2. The van der Waals surface area contributed by atoms with Gasteiger partial charge in [0, 0.05) is 42.2 Å². The van der Waals surface area contributed by atoms with E-state index in [-0.39, 0.29) is 0 Å². The summed E-state index contributed by atoms with van der Waals surface area (Å²) in [5.41, 5.74) is 10.3. The summed E-state index contributed by atoms with van der Waals surface area (Å²) >= 11 is 1.85. The predicted molar refractivity (Wildman–Crippen MR) is 199 cm³/mol. The quantitative estimate of drug-likeness (QED) is 0.193. The zero-order chi connectivity index (χ0) is 30.9. The van der Waals surface area contributed by atoms with Crippen molar-refractivity contribution < 1.29 is 0 Å².